The van der Waals surface area contributed by atoms with Gasteiger partial charge in [-0.2, -0.15) is 0 Å². The summed E-state index contributed by atoms with van der Waals surface area (Å²) >= 11 is 1.84. The zero-order valence-electron chi connectivity index (χ0n) is 9.44. The van der Waals surface area contributed by atoms with Crippen molar-refractivity contribution in [2.45, 2.75) is 31.7 Å². The standard InChI is InChI=1S/C13H13N3S/c1-4-11-10(5-6-17-11)12-8(1)7-14-13(16-12)15-9-2-3-9/h5-7,9H,1-4H2,(H,14,15,16). The van der Waals surface area contributed by atoms with Crippen LogP contribution in [0.5, 0.6) is 0 Å². The fourth-order valence-corrected chi connectivity index (χ4v) is 3.18. The third-order valence-electron chi connectivity index (χ3n) is 3.40. The minimum Gasteiger partial charge on any atom is -0.351 e. The molecule has 0 radical (unpaired) electrons. The van der Waals surface area contributed by atoms with Crippen LogP contribution in [0, 0.1) is 0 Å². The lowest BCUT2D eigenvalue weighted by molar-refractivity contribution is 0.923. The lowest BCUT2D eigenvalue weighted by atomic mass is 9.97. The van der Waals surface area contributed by atoms with Gasteiger partial charge >= 0.3 is 0 Å². The van der Waals surface area contributed by atoms with Crippen LogP contribution in [0.1, 0.15) is 23.3 Å². The normalized spacial score (nSPS) is 17.4. The first kappa shape index (κ1) is 9.59. The average molecular weight is 243 g/mol. The first-order chi connectivity index (χ1) is 8.40. The van der Waals surface area contributed by atoms with Gasteiger partial charge < -0.3 is 5.32 Å². The van der Waals surface area contributed by atoms with Crippen molar-refractivity contribution < 1.29 is 0 Å². The van der Waals surface area contributed by atoms with Crippen molar-refractivity contribution in [2.24, 2.45) is 0 Å². The van der Waals surface area contributed by atoms with Gasteiger partial charge in [0.05, 0.1) is 5.69 Å². The van der Waals surface area contributed by atoms with Crippen LogP contribution in [0.4, 0.5) is 5.95 Å². The Balaban J connectivity index is 1.78. The number of fused-ring (bicyclic) bond motifs is 3. The Kier molecular flexibility index (Phi) is 1.99. The summed E-state index contributed by atoms with van der Waals surface area (Å²) in [5.41, 5.74) is 3.75. The van der Waals surface area contributed by atoms with Crippen LogP contribution in [-0.2, 0) is 12.8 Å². The van der Waals surface area contributed by atoms with E-state index in [0.29, 0.717) is 6.04 Å². The molecule has 2 heterocycles. The van der Waals surface area contributed by atoms with E-state index in [0.717, 1.165) is 24.5 Å². The number of hydrogen-bond donors (Lipinski definition) is 1. The van der Waals surface area contributed by atoms with Crippen LogP contribution in [0.3, 0.4) is 0 Å². The largest absolute Gasteiger partial charge is 0.351 e. The Morgan fingerprint density at radius 1 is 1.29 bits per heavy atom. The van der Waals surface area contributed by atoms with Crippen molar-refractivity contribution >= 4 is 17.3 Å². The lowest BCUT2D eigenvalue weighted by Gasteiger charge is -2.15. The van der Waals surface area contributed by atoms with Gasteiger partial charge in [0.15, 0.2) is 0 Å². The molecule has 0 atom stereocenters. The molecule has 0 aromatic carbocycles. The molecule has 0 bridgehead atoms. The summed E-state index contributed by atoms with van der Waals surface area (Å²) < 4.78 is 0. The van der Waals surface area contributed by atoms with E-state index in [1.807, 2.05) is 17.5 Å². The van der Waals surface area contributed by atoms with Crippen molar-refractivity contribution in [3.63, 3.8) is 0 Å². The smallest absolute Gasteiger partial charge is 0.223 e. The van der Waals surface area contributed by atoms with Crippen LogP contribution in [0.25, 0.3) is 11.3 Å². The van der Waals surface area contributed by atoms with Gasteiger partial charge in [0.1, 0.15) is 0 Å². The quantitative estimate of drug-likeness (QED) is 0.881. The van der Waals surface area contributed by atoms with Crippen molar-refractivity contribution in [1.29, 1.82) is 0 Å². The van der Waals surface area contributed by atoms with Gasteiger partial charge in [-0.15, -0.1) is 11.3 Å². The molecule has 17 heavy (non-hydrogen) atoms. The van der Waals surface area contributed by atoms with Gasteiger partial charge in [0, 0.05) is 22.7 Å². The molecule has 0 amide bonds. The highest BCUT2D eigenvalue weighted by molar-refractivity contribution is 7.10. The van der Waals surface area contributed by atoms with Crippen molar-refractivity contribution in [1.82, 2.24) is 9.97 Å². The van der Waals surface area contributed by atoms with Crippen molar-refractivity contribution in [2.75, 3.05) is 5.32 Å². The number of thiophene rings is 1. The molecular formula is C13H13N3S. The van der Waals surface area contributed by atoms with E-state index in [1.165, 1.54) is 28.8 Å². The monoisotopic (exact) mass is 243 g/mol. The molecule has 4 rings (SSSR count). The molecule has 4 heteroatoms. The predicted molar refractivity (Wildman–Crippen MR) is 69.4 cm³/mol. The number of anilines is 1. The van der Waals surface area contributed by atoms with Crippen LogP contribution >= 0.6 is 11.3 Å². The molecule has 0 saturated heterocycles. The summed E-state index contributed by atoms with van der Waals surface area (Å²) in [6.45, 7) is 0. The molecule has 2 aliphatic carbocycles. The summed E-state index contributed by atoms with van der Waals surface area (Å²) in [6.07, 6.45) is 6.72. The maximum atomic E-state index is 4.69. The second-order valence-electron chi connectivity index (χ2n) is 4.74. The van der Waals surface area contributed by atoms with Gasteiger partial charge in [-0.3, -0.25) is 0 Å². The van der Waals surface area contributed by atoms with Crippen LogP contribution in [-0.4, -0.2) is 16.0 Å². The molecule has 1 saturated carbocycles. The predicted octanol–water partition coefficient (Wildman–Crippen LogP) is 2.88. The fraction of sp³-hybridized carbons (Fsp3) is 0.385. The first-order valence-electron chi connectivity index (χ1n) is 6.09. The van der Waals surface area contributed by atoms with Crippen molar-refractivity contribution in [3.8, 4) is 11.3 Å². The maximum Gasteiger partial charge on any atom is 0.223 e. The highest BCUT2D eigenvalue weighted by atomic mass is 32.1. The molecule has 0 unspecified atom stereocenters. The van der Waals surface area contributed by atoms with Gasteiger partial charge in [-0.05, 0) is 42.7 Å². The van der Waals surface area contributed by atoms with E-state index in [4.69, 9.17) is 4.98 Å². The summed E-state index contributed by atoms with van der Waals surface area (Å²) in [5.74, 6) is 0.797. The number of nitrogens with one attached hydrogen (secondary N) is 1. The lowest BCUT2D eigenvalue weighted by Crippen LogP contribution is -2.10. The summed E-state index contributed by atoms with van der Waals surface area (Å²) in [7, 11) is 0. The highest BCUT2D eigenvalue weighted by Crippen LogP contribution is 2.35. The van der Waals surface area contributed by atoms with Gasteiger partial charge in [0.2, 0.25) is 5.95 Å². The molecule has 3 nitrogen and oxygen atoms in total. The molecule has 2 aliphatic rings. The van der Waals surface area contributed by atoms with Gasteiger partial charge in [-0.1, -0.05) is 0 Å². The maximum absolute atomic E-state index is 4.69. The Labute approximate surface area is 104 Å². The van der Waals surface area contributed by atoms with E-state index in [9.17, 15) is 0 Å². The van der Waals surface area contributed by atoms with E-state index in [1.54, 1.807) is 0 Å². The third-order valence-corrected chi connectivity index (χ3v) is 4.38. The van der Waals surface area contributed by atoms with Crippen LogP contribution < -0.4 is 5.32 Å². The van der Waals surface area contributed by atoms with Gasteiger partial charge in [0.25, 0.3) is 0 Å². The number of rotatable bonds is 2. The van der Waals surface area contributed by atoms with Crippen LogP contribution in [0.15, 0.2) is 17.6 Å². The Bertz CT molecular complexity index is 572. The molecule has 2 aromatic heterocycles. The zero-order chi connectivity index (χ0) is 11.2. The molecule has 0 aliphatic heterocycles. The highest BCUT2D eigenvalue weighted by Gasteiger charge is 2.24. The number of aromatic nitrogens is 2. The van der Waals surface area contributed by atoms with E-state index in [-0.39, 0.29) is 0 Å². The minimum atomic E-state index is 0.610. The molecule has 1 N–H and O–H groups in total. The summed E-state index contributed by atoms with van der Waals surface area (Å²) in [4.78, 5) is 10.6. The fourth-order valence-electron chi connectivity index (χ4n) is 2.30. The number of aryl methyl sites for hydroxylation is 2. The molecule has 1 fully saturated rings. The third kappa shape index (κ3) is 1.63. The number of nitrogens with zero attached hydrogens (tertiary/aromatic N) is 2. The van der Waals surface area contributed by atoms with Crippen LogP contribution in [0.2, 0.25) is 0 Å². The topological polar surface area (TPSA) is 37.8 Å². The Hall–Kier alpha value is -1.42. The van der Waals surface area contributed by atoms with Crippen molar-refractivity contribution in [3.05, 3.63) is 28.1 Å². The number of hydrogen-bond acceptors (Lipinski definition) is 4. The molecule has 0 spiro atoms. The van der Waals surface area contributed by atoms with E-state index in [2.05, 4.69) is 21.7 Å². The van der Waals surface area contributed by atoms with Gasteiger partial charge in [-0.25, -0.2) is 9.97 Å². The molecular weight excluding hydrogens is 230 g/mol. The first-order valence-corrected chi connectivity index (χ1v) is 6.97. The molecule has 86 valence electrons. The summed E-state index contributed by atoms with van der Waals surface area (Å²) in [6, 6.07) is 2.80. The Morgan fingerprint density at radius 3 is 3.12 bits per heavy atom. The SMILES string of the molecule is c1cc2c(s1)CCc1cnc(NC3CC3)nc1-2. The Morgan fingerprint density at radius 2 is 2.24 bits per heavy atom. The molecule has 2 aromatic rings. The van der Waals surface area contributed by atoms with E-state index < -0.39 is 0 Å². The second kappa shape index (κ2) is 3.53. The minimum absolute atomic E-state index is 0.610. The average Bonchev–Trinajstić information content (AvgIpc) is 3.03. The summed E-state index contributed by atoms with van der Waals surface area (Å²) in [5, 5.41) is 5.53. The second-order valence-corrected chi connectivity index (χ2v) is 5.74. The van der Waals surface area contributed by atoms with E-state index >= 15 is 0 Å². The zero-order valence-corrected chi connectivity index (χ0v) is 10.3.